The molecular weight excluding hydrogens is 348 g/mol. The Morgan fingerprint density at radius 1 is 0.607 bits per heavy atom. The van der Waals surface area contributed by atoms with E-state index in [-0.39, 0.29) is 0 Å². The SMILES string of the molecule is CCOc1ccc(C=Cc2cnc(C=Cc3ccc(OCC)cc3)cn2)cc1. The van der Waals surface area contributed by atoms with E-state index in [4.69, 9.17) is 9.47 Å². The molecule has 2 aromatic carbocycles. The van der Waals surface area contributed by atoms with Crippen LogP contribution in [-0.4, -0.2) is 23.2 Å². The second-order valence-electron chi connectivity index (χ2n) is 6.04. The largest absolute Gasteiger partial charge is 0.494 e. The summed E-state index contributed by atoms with van der Waals surface area (Å²) in [5.74, 6) is 1.76. The number of aromatic nitrogens is 2. The third-order valence-electron chi connectivity index (χ3n) is 3.97. The van der Waals surface area contributed by atoms with Crippen molar-refractivity contribution in [3.05, 3.63) is 83.4 Å². The molecule has 3 aromatic rings. The van der Waals surface area contributed by atoms with Gasteiger partial charge in [-0.25, -0.2) is 0 Å². The number of hydrogen-bond donors (Lipinski definition) is 0. The van der Waals surface area contributed by atoms with Crippen LogP contribution in [0.5, 0.6) is 11.5 Å². The molecule has 0 aliphatic rings. The zero-order chi connectivity index (χ0) is 19.6. The van der Waals surface area contributed by atoms with Crippen molar-refractivity contribution in [2.75, 3.05) is 13.2 Å². The van der Waals surface area contributed by atoms with E-state index in [2.05, 4.69) is 9.97 Å². The fourth-order valence-corrected chi connectivity index (χ4v) is 2.57. The molecular formula is C24H24N2O2. The molecule has 0 unspecified atom stereocenters. The second kappa shape index (κ2) is 10.1. The van der Waals surface area contributed by atoms with Gasteiger partial charge in [-0.15, -0.1) is 0 Å². The Balaban J connectivity index is 1.59. The van der Waals surface area contributed by atoms with Crippen LogP contribution in [0.25, 0.3) is 24.3 Å². The van der Waals surface area contributed by atoms with E-state index in [1.165, 1.54) is 0 Å². The summed E-state index contributed by atoms with van der Waals surface area (Å²) in [6.45, 7) is 5.29. The zero-order valence-corrected chi connectivity index (χ0v) is 16.2. The number of ether oxygens (including phenoxy) is 2. The van der Waals surface area contributed by atoms with Crippen molar-refractivity contribution in [3.8, 4) is 11.5 Å². The van der Waals surface area contributed by atoms with Gasteiger partial charge in [0, 0.05) is 0 Å². The molecule has 0 radical (unpaired) electrons. The number of nitrogens with zero attached hydrogens (tertiary/aromatic N) is 2. The topological polar surface area (TPSA) is 44.2 Å². The van der Waals surface area contributed by atoms with E-state index in [1.807, 2.05) is 86.7 Å². The van der Waals surface area contributed by atoms with Crippen LogP contribution in [0, 0.1) is 0 Å². The molecule has 0 amide bonds. The van der Waals surface area contributed by atoms with Crippen LogP contribution in [0.4, 0.5) is 0 Å². The normalized spacial score (nSPS) is 11.2. The highest BCUT2D eigenvalue weighted by atomic mass is 16.5. The summed E-state index contributed by atoms with van der Waals surface area (Å²) < 4.78 is 10.9. The molecule has 0 bridgehead atoms. The van der Waals surface area contributed by atoms with Crippen molar-refractivity contribution in [3.63, 3.8) is 0 Å². The molecule has 1 aromatic heterocycles. The standard InChI is InChI=1S/C24H24N2O2/c1-3-27-23-13-7-19(8-14-23)5-11-21-17-26-22(18-25-21)12-6-20-9-15-24(16-10-20)28-4-2/h5-18H,3-4H2,1-2H3. The first kappa shape index (κ1) is 19.4. The van der Waals surface area contributed by atoms with E-state index >= 15 is 0 Å². The first-order valence-corrected chi connectivity index (χ1v) is 9.40. The van der Waals surface area contributed by atoms with Gasteiger partial charge >= 0.3 is 0 Å². The first-order chi connectivity index (χ1) is 13.8. The predicted molar refractivity (Wildman–Crippen MR) is 115 cm³/mol. The molecule has 0 aliphatic heterocycles. The van der Waals surface area contributed by atoms with Crippen LogP contribution in [0.3, 0.4) is 0 Å². The van der Waals surface area contributed by atoms with Crippen LogP contribution in [0.2, 0.25) is 0 Å². The molecule has 0 fully saturated rings. The Bertz CT molecular complexity index is 834. The van der Waals surface area contributed by atoms with Gasteiger partial charge in [0.2, 0.25) is 0 Å². The smallest absolute Gasteiger partial charge is 0.119 e. The van der Waals surface area contributed by atoms with E-state index in [0.29, 0.717) is 13.2 Å². The molecule has 0 N–H and O–H groups in total. The lowest BCUT2D eigenvalue weighted by Gasteiger charge is -2.02. The Morgan fingerprint density at radius 3 is 1.32 bits per heavy atom. The molecule has 0 saturated carbocycles. The quantitative estimate of drug-likeness (QED) is 0.515. The Hall–Kier alpha value is -3.40. The molecule has 0 atom stereocenters. The zero-order valence-electron chi connectivity index (χ0n) is 16.2. The van der Waals surface area contributed by atoms with Gasteiger partial charge in [-0.3, -0.25) is 9.97 Å². The molecule has 0 spiro atoms. The lowest BCUT2D eigenvalue weighted by molar-refractivity contribution is 0.340. The van der Waals surface area contributed by atoms with Crippen molar-refractivity contribution in [1.82, 2.24) is 9.97 Å². The van der Waals surface area contributed by atoms with Crippen molar-refractivity contribution in [2.24, 2.45) is 0 Å². The van der Waals surface area contributed by atoms with Gasteiger partial charge in [-0.05, 0) is 61.4 Å². The highest BCUT2D eigenvalue weighted by Crippen LogP contribution is 2.15. The minimum Gasteiger partial charge on any atom is -0.494 e. The molecule has 1 heterocycles. The van der Waals surface area contributed by atoms with E-state index in [9.17, 15) is 0 Å². The highest BCUT2D eigenvalue weighted by Gasteiger charge is 1.95. The van der Waals surface area contributed by atoms with Crippen LogP contribution in [0.15, 0.2) is 60.9 Å². The Kier molecular flexibility index (Phi) is 6.96. The van der Waals surface area contributed by atoms with Gasteiger partial charge < -0.3 is 9.47 Å². The van der Waals surface area contributed by atoms with Gasteiger partial charge in [0.1, 0.15) is 11.5 Å². The predicted octanol–water partition coefficient (Wildman–Crippen LogP) is 5.61. The minimum atomic E-state index is 0.671. The summed E-state index contributed by atoms with van der Waals surface area (Å²) in [5, 5.41) is 0. The third kappa shape index (κ3) is 5.81. The second-order valence-corrected chi connectivity index (χ2v) is 6.04. The fourth-order valence-electron chi connectivity index (χ4n) is 2.57. The van der Waals surface area contributed by atoms with Crippen LogP contribution < -0.4 is 9.47 Å². The summed E-state index contributed by atoms with van der Waals surface area (Å²) in [4.78, 5) is 8.89. The van der Waals surface area contributed by atoms with Gasteiger partial charge in [-0.1, -0.05) is 36.4 Å². The van der Waals surface area contributed by atoms with Gasteiger partial charge in [0.05, 0.1) is 37.0 Å². The maximum atomic E-state index is 5.45. The van der Waals surface area contributed by atoms with Crippen LogP contribution in [-0.2, 0) is 0 Å². The van der Waals surface area contributed by atoms with Crippen LogP contribution in [0.1, 0.15) is 36.4 Å². The minimum absolute atomic E-state index is 0.671. The molecule has 0 saturated heterocycles. The first-order valence-electron chi connectivity index (χ1n) is 9.40. The monoisotopic (exact) mass is 372 g/mol. The van der Waals surface area contributed by atoms with Crippen molar-refractivity contribution in [2.45, 2.75) is 13.8 Å². The molecule has 3 rings (SSSR count). The molecule has 0 aliphatic carbocycles. The fraction of sp³-hybridized carbons (Fsp3) is 0.167. The number of hydrogen-bond acceptors (Lipinski definition) is 4. The van der Waals surface area contributed by atoms with Crippen molar-refractivity contribution < 1.29 is 9.47 Å². The number of rotatable bonds is 8. The van der Waals surface area contributed by atoms with Crippen molar-refractivity contribution >= 4 is 24.3 Å². The summed E-state index contributed by atoms with van der Waals surface area (Å²) in [5.41, 5.74) is 3.80. The van der Waals surface area contributed by atoms with Gasteiger partial charge in [0.15, 0.2) is 0 Å². The summed E-state index contributed by atoms with van der Waals surface area (Å²) >= 11 is 0. The Morgan fingerprint density at radius 2 is 1.00 bits per heavy atom. The lowest BCUT2D eigenvalue weighted by atomic mass is 10.2. The van der Waals surface area contributed by atoms with Gasteiger partial charge in [0.25, 0.3) is 0 Å². The van der Waals surface area contributed by atoms with E-state index in [0.717, 1.165) is 34.0 Å². The average molecular weight is 372 g/mol. The maximum absolute atomic E-state index is 5.45. The third-order valence-corrected chi connectivity index (χ3v) is 3.97. The molecule has 4 heteroatoms. The number of benzene rings is 2. The molecule has 28 heavy (non-hydrogen) atoms. The average Bonchev–Trinajstić information content (AvgIpc) is 2.74. The highest BCUT2D eigenvalue weighted by molar-refractivity contribution is 5.70. The van der Waals surface area contributed by atoms with Crippen molar-refractivity contribution in [1.29, 1.82) is 0 Å². The Labute approximate surface area is 166 Å². The summed E-state index contributed by atoms with van der Waals surface area (Å²) in [7, 11) is 0. The maximum Gasteiger partial charge on any atom is 0.119 e. The molecule has 4 nitrogen and oxygen atoms in total. The summed E-state index contributed by atoms with van der Waals surface area (Å²) in [6, 6.07) is 15.9. The van der Waals surface area contributed by atoms with Crippen LogP contribution >= 0.6 is 0 Å². The van der Waals surface area contributed by atoms with Gasteiger partial charge in [-0.2, -0.15) is 0 Å². The molecule has 142 valence electrons. The van der Waals surface area contributed by atoms with E-state index < -0.39 is 0 Å². The lowest BCUT2D eigenvalue weighted by Crippen LogP contribution is -1.90. The van der Waals surface area contributed by atoms with E-state index in [1.54, 1.807) is 12.4 Å². The summed E-state index contributed by atoms with van der Waals surface area (Å²) in [6.07, 6.45) is 11.4.